The molecule has 104 valence electrons. The van der Waals surface area contributed by atoms with Crippen LogP contribution in [-0.4, -0.2) is 12.6 Å². The number of thiophene rings is 1. The van der Waals surface area contributed by atoms with Gasteiger partial charge in [0.15, 0.2) is 0 Å². The highest BCUT2D eigenvalue weighted by molar-refractivity contribution is 9.10. The van der Waals surface area contributed by atoms with Crippen molar-refractivity contribution in [3.63, 3.8) is 0 Å². The summed E-state index contributed by atoms with van der Waals surface area (Å²) in [6, 6.07) is 2.20. The van der Waals surface area contributed by atoms with Crippen LogP contribution < -0.4 is 5.73 Å². The molecule has 0 aliphatic heterocycles. The first-order chi connectivity index (χ1) is 8.54. The molecule has 2 nitrogen and oxygen atoms in total. The van der Waals surface area contributed by atoms with Crippen molar-refractivity contribution in [1.29, 1.82) is 0 Å². The van der Waals surface area contributed by atoms with Crippen LogP contribution in [0.15, 0.2) is 15.9 Å². The molecule has 1 rings (SSSR count). The molecule has 1 aromatic rings. The van der Waals surface area contributed by atoms with Crippen LogP contribution in [0.25, 0.3) is 0 Å². The summed E-state index contributed by atoms with van der Waals surface area (Å²) < 4.78 is 7.12. The fourth-order valence-electron chi connectivity index (χ4n) is 1.81. The van der Waals surface area contributed by atoms with Gasteiger partial charge in [-0.05, 0) is 47.2 Å². The molecule has 2 N–H and O–H groups in total. The molecule has 0 amide bonds. The number of rotatable bonds is 8. The smallest absolute Gasteiger partial charge is 0.107 e. The minimum Gasteiger partial charge on any atom is -0.371 e. The van der Waals surface area contributed by atoms with Crippen LogP contribution in [0.4, 0.5) is 0 Å². The summed E-state index contributed by atoms with van der Waals surface area (Å²) in [5, 5.41) is 2.09. The minimum absolute atomic E-state index is 0.0402. The zero-order valence-electron chi connectivity index (χ0n) is 11.5. The van der Waals surface area contributed by atoms with E-state index in [9.17, 15) is 0 Å². The molecule has 0 aliphatic carbocycles. The van der Waals surface area contributed by atoms with Crippen molar-refractivity contribution in [1.82, 2.24) is 0 Å². The van der Waals surface area contributed by atoms with Crippen molar-refractivity contribution >= 4 is 27.3 Å². The van der Waals surface area contributed by atoms with E-state index in [2.05, 4.69) is 48.1 Å². The standard InChI is InChI=1S/C14H24BrNOS/c1-4-12(16)14(13-8-11(15)9-18-13)17-7-5-6-10(2)3/h8-10,12,14H,4-7,16H2,1-3H3. The van der Waals surface area contributed by atoms with Crippen LogP contribution in [0, 0.1) is 5.92 Å². The van der Waals surface area contributed by atoms with Gasteiger partial charge in [0.1, 0.15) is 6.10 Å². The van der Waals surface area contributed by atoms with Crippen LogP contribution in [0.2, 0.25) is 0 Å². The number of hydrogen-bond acceptors (Lipinski definition) is 3. The maximum atomic E-state index is 6.17. The lowest BCUT2D eigenvalue weighted by atomic mass is 10.1. The Bertz CT molecular complexity index is 340. The maximum Gasteiger partial charge on any atom is 0.107 e. The largest absolute Gasteiger partial charge is 0.371 e. The Hall–Kier alpha value is 0.1000. The van der Waals surface area contributed by atoms with Crippen molar-refractivity contribution in [2.75, 3.05) is 6.61 Å². The Kier molecular flexibility index (Phi) is 7.46. The van der Waals surface area contributed by atoms with Crippen LogP contribution >= 0.6 is 27.3 Å². The number of halogens is 1. The van der Waals surface area contributed by atoms with Gasteiger partial charge in [-0.1, -0.05) is 20.8 Å². The van der Waals surface area contributed by atoms with E-state index in [1.807, 2.05) is 0 Å². The van der Waals surface area contributed by atoms with E-state index in [1.165, 1.54) is 11.3 Å². The van der Waals surface area contributed by atoms with Crippen molar-refractivity contribution < 1.29 is 4.74 Å². The third-order valence-corrected chi connectivity index (χ3v) is 4.71. The first kappa shape index (κ1) is 16.2. The average molecular weight is 334 g/mol. The first-order valence-corrected chi connectivity index (χ1v) is 8.33. The van der Waals surface area contributed by atoms with E-state index in [1.54, 1.807) is 11.3 Å². The lowest BCUT2D eigenvalue weighted by Crippen LogP contribution is -2.29. The third-order valence-electron chi connectivity index (χ3n) is 2.95. The highest BCUT2D eigenvalue weighted by Crippen LogP contribution is 2.30. The minimum atomic E-state index is 0.0402. The van der Waals surface area contributed by atoms with Crippen molar-refractivity contribution in [3.8, 4) is 0 Å². The highest BCUT2D eigenvalue weighted by Gasteiger charge is 2.20. The van der Waals surface area contributed by atoms with Gasteiger partial charge < -0.3 is 10.5 Å². The van der Waals surface area contributed by atoms with E-state index >= 15 is 0 Å². The molecule has 4 heteroatoms. The molecule has 1 heterocycles. The third kappa shape index (κ3) is 5.39. The van der Waals surface area contributed by atoms with Crippen molar-refractivity contribution in [2.45, 2.75) is 52.2 Å². The topological polar surface area (TPSA) is 35.2 Å². The Morgan fingerprint density at radius 1 is 1.44 bits per heavy atom. The Morgan fingerprint density at radius 2 is 2.17 bits per heavy atom. The Morgan fingerprint density at radius 3 is 2.67 bits per heavy atom. The van der Waals surface area contributed by atoms with Crippen LogP contribution in [0.3, 0.4) is 0 Å². The second-order valence-electron chi connectivity index (χ2n) is 5.07. The molecule has 0 saturated carbocycles. The summed E-state index contributed by atoms with van der Waals surface area (Å²) in [6.45, 7) is 7.39. The quantitative estimate of drug-likeness (QED) is 0.697. The van der Waals surface area contributed by atoms with Gasteiger partial charge >= 0.3 is 0 Å². The summed E-state index contributed by atoms with van der Waals surface area (Å²) in [5.41, 5.74) is 6.17. The van der Waals surface area contributed by atoms with Crippen LogP contribution in [-0.2, 0) is 4.74 Å². The second kappa shape index (κ2) is 8.31. The molecule has 2 unspecified atom stereocenters. The monoisotopic (exact) mass is 333 g/mol. The summed E-state index contributed by atoms with van der Waals surface area (Å²) in [4.78, 5) is 1.22. The van der Waals surface area contributed by atoms with Gasteiger partial charge in [-0.15, -0.1) is 11.3 Å². The molecule has 2 atom stereocenters. The molecular formula is C14H24BrNOS. The van der Waals surface area contributed by atoms with Gasteiger partial charge in [0.25, 0.3) is 0 Å². The lowest BCUT2D eigenvalue weighted by Gasteiger charge is -2.22. The summed E-state index contributed by atoms with van der Waals surface area (Å²) in [7, 11) is 0. The summed E-state index contributed by atoms with van der Waals surface area (Å²) >= 11 is 5.20. The van der Waals surface area contributed by atoms with Crippen molar-refractivity contribution in [3.05, 3.63) is 20.8 Å². The molecule has 0 fully saturated rings. The second-order valence-corrected chi connectivity index (χ2v) is 6.93. The molecule has 0 spiro atoms. The van der Waals surface area contributed by atoms with Gasteiger partial charge in [-0.25, -0.2) is 0 Å². The van der Waals surface area contributed by atoms with Gasteiger partial charge in [0.2, 0.25) is 0 Å². The van der Waals surface area contributed by atoms with E-state index < -0.39 is 0 Å². The fraction of sp³-hybridized carbons (Fsp3) is 0.714. The van der Waals surface area contributed by atoms with E-state index in [0.717, 1.165) is 29.8 Å². The summed E-state index contributed by atoms with van der Waals surface area (Å²) in [6.07, 6.45) is 3.29. The predicted octanol–water partition coefficient (Wildman–Crippen LogP) is 4.74. The van der Waals surface area contributed by atoms with E-state index in [0.29, 0.717) is 0 Å². The number of nitrogens with two attached hydrogens (primary N) is 1. The summed E-state index contributed by atoms with van der Waals surface area (Å²) in [5.74, 6) is 0.739. The van der Waals surface area contributed by atoms with E-state index in [4.69, 9.17) is 10.5 Å². The van der Waals surface area contributed by atoms with Crippen molar-refractivity contribution in [2.24, 2.45) is 11.7 Å². The number of ether oxygens (including phenoxy) is 1. The predicted molar refractivity (Wildman–Crippen MR) is 83.1 cm³/mol. The molecule has 0 radical (unpaired) electrons. The van der Waals surface area contributed by atoms with Gasteiger partial charge in [0.05, 0.1) is 0 Å². The fourth-order valence-corrected chi connectivity index (χ4v) is 3.38. The van der Waals surface area contributed by atoms with Gasteiger partial charge in [0, 0.05) is 27.4 Å². The molecule has 18 heavy (non-hydrogen) atoms. The van der Waals surface area contributed by atoms with Crippen LogP contribution in [0.5, 0.6) is 0 Å². The van der Waals surface area contributed by atoms with Gasteiger partial charge in [-0.2, -0.15) is 0 Å². The average Bonchev–Trinajstić information content (AvgIpc) is 2.74. The SMILES string of the molecule is CCC(N)C(OCCCC(C)C)c1cc(Br)cs1. The molecule has 1 aromatic heterocycles. The van der Waals surface area contributed by atoms with Gasteiger partial charge in [-0.3, -0.25) is 0 Å². The zero-order valence-corrected chi connectivity index (χ0v) is 13.9. The first-order valence-electron chi connectivity index (χ1n) is 6.65. The molecule has 0 aromatic carbocycles. The molecule has 0 bridgehead atoms. The molecule has 0 saturated heterocycles. The lowest BCUT2D eigenvalue weighted by molar-refractivity contribution is 0.0324. The molecular weight excluding hydrogens is 310 g/mol. The molecule has 0 aliphatic rings. The maximum absolute atomic E-state index is 6.17. The van der Waals surface area contributed by atoms with Crippen LogP contribution in [0.1, 0.15) is 51.0 Å². The Labute approximate surface area is 123 Å². The highest BCUT2D eigenvalue weighted by atomic mass is 79.9. The number of hydrogen-bond donors (Lipinski definition) is 1. The van der Waals surface area contributed by atoms with E-state index in [-0.39, 0.29) is 12.1 Å². The zero-order chi connectivity index (χ0) is 13.5. The normalized spacial score (nSPS) is 15.0. The Balaban J connectivity index is 2.51.